The number of halogens is 6. The average Bonchev–Trinajstić information content (AvgIpc) is 3.20. The Morgan fingerprint density at radius 2 is 1.67 bits per heavy atom. The molecule has 2 amide bonds. The van der Waals surface area contributed by atoms with Crippen molar-refractivity contribution < 1.29 is 31.6 Å². The van der Waals surface area contributed by atoms with Crippen LogP contribution in [0.5, 0.6) is 0 Å². The van der Waals surface area contributed by atoms with Gasteiger partial charge in [0, 0.05) is 5.69 Å². The minimum absolute atomic E-state index is 0.111. The molecule has 0 bridgehead atoms. The first kappa shape index (κ1) is 21.7. The van der Waals surface area contributed by atoms with Crippen molar-refractivity contribution in [2.24, 2.45) is 0 Å². The highest BCUT2D eigenvalue weighted by molar-refractivity contribution is 6.37. The summed E-state index contributed by atoms with van der Waals surface area (Å²) in [5, 5.41) is 3.76. The van der Waals surface area contributed by atoms with Gasteiger partial charge in [-0.05, 0) is 36.4 Å². The predicted molar refractivity (Wildman–Crippen MR) is 102 cm³/mol. The summed E-state index contributed by atoms with van der Waals surface area (Å²) in [5.74, 6) is -2.71. The van der Waals surface area contributed by atoms with Crippen LogP contribution in [-0.2, 0) is 6.18 Å². The number of nitrogens with one attached hydrogen (secondary N) is 2. The molecule has 2 N–H and O–H groups in total. The Balaban J connectivity index is 1.90. The molecule has 5 nitrogen and oxygen atoms in total. The molecule has 30 heavy (non-hydrogen) atoms. The van der Waals surface area contributed by atoms with Crippen LogP contribution in [-0.4, -0.2) is 11.8 Å². The van der Waals surface area contributed by atoms with Crippen molar-refractivity contribution in [1.29, 1.82) is 0 Å². The predicted octanol–water partition coefficient (Wildman–Crippen LogP) is 6.25. The summed E-state index contributed by atoms with van der Waals surface area (Å²) >= 11 is 11.4. The number of amides is 2. The SMILES string of the molecule is O=C(Nc1ccc(NC(=O)c2cc(F)c(Cl)cc2Cl)c(C(F)(F)F)c1)c1ccoc1. The Morgan fingerprint density at radius 3 is 2.30 bits per heavy atom. The molecule has 3 rings (SSSR count). The van der Waals surface area contributed by atoms with Crippen LogP contribution in [0.3, 0.4) is 0 Å². The van der Waals surface area contributed by atoms with Crippen LogP contribution in [0.15, 0.2) is 53.3 Å². The summed E-state index contributed by atoms with van der Waals surface area (Å²) in [6, 6.07) is 5.78. The van der Waals surface area contributed by atoms with Crippen molar-refractivity contribution in [2.45, 2.75) is 6.18 Å². The topological polar surface area (TPSA) is 71.3 Å². The molecule has 0 unspecified atom stereocenters. The van der Waals surface area contributed by atoms with Crippen molar-refractivity contribution in [2.75, 3.05) is 10.6 Å². The van der Waals surface area contributed by atoms with E-state index in [-0.39, 0.29) is 21.3 Å². The summed E-state index contributed by atoms with van der Waals surface area (Å²) in [6.45, 7) is 0. The Bertz CT molecular complexity index is 1120. The fourth-order valence-corrected chi connectivity index (χ4v) is 2.92. The van der Waals surface area contributed by atoms with E-state index < -0.39 is 40.6 Å². The second-order valence-corrected chi connectivity index (χ2v) is 6.74. The third-order valence-corrected chi connectivity index (χ3v) is 4.47. The number of hydrogen-bond acceptors (Lipinski definition) is 3. The van der Waals surface area contributed by atoms with Crippen LogP contribution < -0.4 is 10.6 Å². The summed E-state index contributed by atoms with van der Waals surface area (Å²) < 4.78 is 58.9. The first-order valence-corrected chi connectivity index (χ1v) is 8.82. The monoisotopic (exact) mass is 460 g/mol. The van der Waals surface area contributed by atoms with Crippen molar-refractivity contribution in [1.82, 2.24) is 0 Å². The lowest BCUT2D eigenvalue weighted by Gasteiger charge is -2.16. The lowest BCUT2D eigenvalue weighted by atomic mass is 10.1. The van der Waals surface area contributed by atoms with Gasteiger partial charge >= 0.3 is 6.18 Å². The molecule has 1 aromatic heterocycles. The second-order valence-electron chi connectivity index (χ2n) is 5.92. The van der Waals surface area contributed by atoms with Crippen molar-refractivity contribution in [3.63, 3.8) is 0 Å². The van der Waals surface area contributed by atoms with Crippen LogP contribution in [0, 0.1) is 5.82 Å². The molecule has 0 aliphatic rings. The van der Waals surface area contributed by atoms with E-state index in [2.05, 4.69) is 5.32 Å². The molecular weight excluding hydrogens is 451 g/mol. The number of furan rings is 1. The summed E-state index contributed by atoms with van der Waals surface area (Å²) in [5.41, 5.74) is -2.29. The van der Waals surface area contributed by atoms with E-state index in [0.29, 0.717) is 12.1 Å². The molecule has 0 spiro atoms. The molecule has 0 fully saturated rings. The Hall–Kier alpha value is -3.04. The fraction of sp³-hybridized carbons (Fsp3) is 0.0526. The van der Waals surface area contributed by atoms with Crippen LogP contribution in [0.25, 0.3) is 0 Å². The zero-order valence-corrected chi connectivity index (χ0v) is 16.1. The molecule has 0 saturated heterocycles. The van der Waals surface area contributed by atoms with Crippen LogP contribution in [0.2, 0.25) is 10.0 Å². The van der Waals surface area contributed by atoms with E-state index in [9.17, 15) is 27.2 Å². The highest BCUT2D eigenvalue weighted by Crippen LogP contribution is 2.37. The molecule has 11 heteroatoms. The van der Waals surface area contributed by atoms with Gasteiger partial charge in [-0.15, -0.1) is 0 Å². The standard InChI is InChI=1S/C19H10Cl2F4N2O3/c20-13-7-14(21)15(22)6-11(13)18(29)27-16-2-1-10(5-12(16)19(23,24)25)26-17(28)9-3-4-30-8-9/h1-8H,(H,26,28)(H,27,29). The lowest BCUT2D eigenvalue weighted by molar-refractivity contribution is -0.136. The van der Waals surface area contributed by atoms with Gasteiger partial charge in [0.2, 0.25) is 0 Å². The number of hydrogen-bond donors (Lipinski definition) is 2. The molecule has 3 aromatic rings. The van der Waals surface area contributed by atoms with Gasteiger partial charge in [0.05, 0.1) is 38.7 Å². The Morgan fingerprint density at radius 1 is 0.933 bits per heavy atom. The second kappa shape index (κ2) is 8.37. The number of benzene rings is 2. The first-order chi connectivity index (χ1) is 14.1. The minimum atomic E-state index is -4.87. The quantitative estimate of drug-likeness (QED) is 0.357. The van der Waals surface area contributed by atoms with E-state index in [0.717, 1.165) is 24.5 Å². The smallest absolute Gasteiger partial charge is 0.418 e. The van der Waals surface area contributed by atoms with Crippen LogP contribution in [0.1, 0.15) is 26.3 Å². The van der Waals surface area contributed by atoms with Gasteiger partial charge in [0.25, 0.3) is 11.8 Å². The van der Waals surface area contributed by atoms with Crippen LogP contribution in [0.4, 0.5) is 28.9 Å². The summed E-state index contributed by atoms with van der Waals surface area (Å²) in [4.78, 5) is 24.3. The molecule has 1 heterocycles. The Kier molecular flexibility index (Phi) is 6.04. The molecule has 0 radical (unpaired) electrons. The third kappa shape index (κ3) is 4.74. The van der Waals surface area contributed by atoms with Gasteiger partial charge in [0.15, 0.2) is 0 Å². The molecule has 0 aliphatic heterocycles. The number of carbonyl (C=O) groups excluding carboxylic acids is 2. The maximum Gasteiger partial charge on any atom is 0.418 e. The van der Waals surface area contributed by atoms with E-state index >= 15 is 0 Å². The third-order valence-electron chi connectivity index (χ3n) is 3.87. The summed E-state index contributed by atoms with van der Waals surface area (Å²) in [7, 11) is 0. The molecular formula is C19H10Cl2F4N2O3. The average molecular weight is 461 g/mol. The van der Waals surface area contributed by atoms with Crippen molar-refractivity contribution in [3.8, 4) is 0 Å². The molecule has 0 aliphatic carbocycles. The van der Waals surface area contributed by atoms with Crippen molar-refractivity contribution in [3.05, 3.63) is 81.5 Å². The van der Waals surface area contributed by atoms with E-state index in [1.807, 2.05) is 5.32 Å². The highest BCUT2D eigenvalue weighted by Gasteiger charge is 2.34. The number of rotatable bonds is 4. The van der Waals surface area contributed by atoms with E-state index in [4.69, 9.17) is 27.6 Å². The van der Waals surface area contributed by atoms with E-state index in [1.165, 1.54) is 12.3 Å². The highest BCUT2D eigenvalue weighted by atomic mass is 35.5. The van der Waals surface area contributed by atoms with Crippen LogP contribution >= 0.6 is 23.2 Å². The normalized spacial score (nSPS) is 11.3. The molecule has 0 saturated carbocycles. The molecule has 156 valence electrons. The maximum atomic E-state index is 13.6. The number of anilines is 2. The molecule has 0 atom stereocenters. The van der Waals surface area contributed by atoms with Gasteiger partial charge in [-0.2, -0.15) is 13.2 Å². The van der Waals surface area contributed by atoms with Gasteiger partial charge in [-0.25, -0.2) is 4.39 Å². The zero-order valence-electron chi connectivity index (χ0n) is 14.6. The minimum Gasteiger partial charge on any atom is -0.472 e. The molecule has 2 aromatic carbocycles. The largest absolute Gasteiger partial charge is 0.472 e. The number of alkyl halides is 3. The zero-order chi connectivity index (χ0) is 22.1. The summed E-state index contributed by atoms with van der Waals surface area (Å²) in [6.07, 6.45) is -2.50. The van der Waals surface area contributed by atoms with Gasteiger partial charge in [-0.1, -0.05) is 23.2 Å². The van der Waals surface area contributed by atoms with Gasteiger partial charge < -0.3 is 15.1 Å². The van der Waals surface area contributed by atoms with E-state index in [1.54, 1.807) is 0 Å². The van der Waals surface area contributed by atoms with Gasteiger partial charge in [-0.3, -0.25) is 9.59 Å². The number of carbonyl (C=O) groups is 2. The fourth-order valence-electron chi connectivity index (χ4n) is 2.45. The Labute approximate surface area is 176 Å². The van der Waals surface area contributed by atoms with Crippen molar-refractivity contribution >= 4 is 46.4 Å². The maximum absolute atomic E-state index is 13.6. The first-order valence-electron chi connectivity index (χ1n) is 8.07. The van der Waals surface area contributed by atoms with Gasteiger partial charge in [0.1, 0.15) is 12.1 Å². The lowest BCUT2D eigenvalue weighted by Crippen LogP contribution is -2.18.